The number of aryl methyl sites for hydroxylation is 1. The highest BCUT2D eigenvalue weighted by molar-refractivity contribution is 6.29. The van der Waals surface area contributed by atoms with Crippen LogP contribution < -0.4 is 0 Å². The summed E-state index contributed by atoms with van der Waals surface area (Å²) >= 11 is 5.89. The number of halogens is 1. The van der Waals surface area contributed by atoms with Crippen molar-refractivity contribution in [2.24, 2.45) is 0 Å². The molecule has 0 radical (unpaired) electrons. The molecule has 3 heterocycles. The highest BCUT2D eigenvalue weighted by atomic mass is 35.5. The van der Waals surface area contributed by atoms with Gasteiger partial charge in [-0.15, -0.1) is 0 Å². The molecule has 0 spiro atoms. The normalized spacial score (nSPS) is 10.7. The molecule has 3 aromatic heterocycles. The third kappa shape index (κ3) is 2.35. The molecule has 0 atom stereocenters. The molecule has 0 amide bonds. The van der Waals surface area contributed by atoms with Gasteiger partial charge in [0.25, 0.3) is 0 Å². The van der Waals surface area contributed by atoms with E-state index in [0.29, 0.717) is 11.0 Å². The Kier molecular flexibility index (Phi) is 3.12. The highest BCUT2D eigenvalue weighted by Gasteiger charge is 2.09. The van der Waals surface area contributed by atoms with Gasteiger partial charge in [0.15, 0.2) is 0 Å². The van der Waals surface area contributed by atoms with E-state index in [2.05, 4.69) is 15.0 Å². The van der Waals surface area contributed by atoms with Crippen molar-refractivity contribution in [3.05, 3.63) is 53.7 Å². The summed E-state index contributed by atoms with van der Waals surface area (Å²) in [5, 5.41) is 9.88. The molecule has 0 aliphatic rings. The van der Waals surface area contributed by atoms with Gasteiger partial charge >= 0.3 is 0 Å². The fourth-order valence-electron chi connectivity index (χ4n) is 1.95. The van der Waals surface area contributed by atoms with E-state index in [1.165, 1.54) is 6.07 Å². The van der Waals surface area contributed by atoms with Crippen molar-refractivity contribution < 1.29 is 5.11 Å². The Balaban J connectivity index is 2.08. The van der Waals surface area contributed by atoms with Gasteiger partial charge in [0, 0.05) is 24.0 Å². The lowest BCUT2D eigenvalue weighted by molar-refractivity contribution is 0.452. The summed E-state index contributed by atoms with van der Waals surface area (Å²) < 4.78 is 1.81. The van der Waals surface area contributed by atoms with Gasteiger partial charge in [0.1, 0.15) is 16.8 Å². The minimum atomic E-state index is -0.0240. The zero-order valence-electron chi connectivity index (χ0n) is 10.7. The number of rotatable bonds is 2. The molecule has 0 saturated heterocycles. The van der Waals surface area contributed by atoms with E-state index in [1.54, 1.807) is 24.4 Å². The first kappa shape index (κ1) is 12.6. The minimum absolute atomic E-state index is 0.0240. The smallest absolute Gasteiger partial charge is 0.212 e. The average Bonchev–Trinajstić information content (AvgIpc) is 2.81. The predicted octanol–water partition coefficient (Wildman–Crippen LogP) is 3.00. The van der Waals surface area contributed by atoms with E-state index in [4.69, 9.17) is 11.6 Å². The van der Waals surface area contributed by atoms with Gasteiger partial charge in [-0.05, 0) is 25.1 Å². The van der Waals surface area contributed by atoms with Crippen LogP contribution >= 0.6 is 11.6 Å². The maximum Gasteiger partial charge on any atom is 0.212 e. The van der Waals surface area contributed by atoms with E-state index >= 15 is 0 Å². The number of pyridine rings is 2. The van der Waals surface area contributed by atoms with Crippen LogP contribution in [0, 0.1) is 6.92 Å². The van der Waals surface area contributed by atoms with E-state index in [9.17, 15) is 5.11 Å². The lowest BCUT2D eigenvalue weighted by atomic mass is 10.2. The molecule has 0 aliphatic heterocycles. The molecule has 0 bridgehead atoms. The summed E-state index contributed by atoms with van der Waals surface area (Å²) in [6.45, 7) is 1.87. The van der Waals surface area contributed by atoms with Crippen molar-refractivity contribution in [1.82, 2.24) is 19.5 Å². The Morgan fingerprint density at radius 3 is 2.80 bits per heavy atom. The second-order valence-electron chi connectivity index (χ2n) is 4.26. The van der Waals surface area contributed by atoms with Crippen LogP contribution in [-0.2, 0) is 0 Å². The van der Waals surface area contributed by atoms with Crippen molar-refractivity contribution >= 4 is 11.6 Å². The Hall–Kier alpha value is -2.40. The Morgan fingerprint density at radius 1 is 1.20 bits per heavy atom. The summed E-state index contributed by atoms with van der Waals surface area (Å²) in [6, 6.07) is 8.66. The molecule has 3 rings (SSSR count). The maximum atomic E-state index is 9.45. The molecule has 5 nitrogen and oxygen atoms in total. The van der Waals surface area contributed by atoms with E-state index in [0.717, 1.165) is 17.1 Å². The SMILES string of the molecule is Cc1nc(-c2ccnc(Cl)c2)cn1-c1cccc(O)n1. The Labute approximate surface area is 120 Å². The van der Waals surface area contributed by atoms with Gasteiger partial charge in [-0.3, -0.25) is 4.57 Å². The first-order valence-electron chi connectivity index (χ1n) is 5.98. The van der Waals surface area contributed by atoms with Crippen LogP contribution in [0.2, 0.25) is 5.15 Å². The number of hydrogen-bond donors (Lipinski definition) is 1. The van der Waals surface area contributed by atoms with Crippen LogP contribution in [0.25, 0.3) is 17.1 Å². The fourth-order valence-corrected chi connectivity index (χ4v) is 2.13. The van der Waals surface area contributed by atoms with Crippen molar-refractivity contribution in [3.8, 4) is 23.0 Å². The molecule has 0 aromatic carbocycles. The Bertz CT molecular complexity index is 769. The second kappa shape index (κ2) is 4.94. The van der Waals surface area contributed by atoms with Gasteiger partial charge in [0.2, 0.25) is 5.88 Å². The number of imidazole rings is 1. The first-order chi connectivity index (χ1) is 9.63. The lowest BCUT2D eigenvalue weighted by Gasteiger charge is -2.03. The molecule has 3 aromatic rings. The standard InChI is InChI=1S/C14H11ClN4O/c1-9-17-11(10-5-6-16-12(15)7-10)8-19(9)13-3-2-4-14(20)18-13/h2-8H,1H3,(H,18,20). The van der Waals surface area contributed by atoms with Gasteiger partial charge in [-0.25, -0.2) is 9.97 Å². The van der Waals surface area contributed by atoms with Crippen LogP contribution in [0.1, 0.15) is 5.82 Å². The zero-order valence-corrected chi connectivity index (χ0v) is 11.4. The number of hydrogen-bond acceptors (Lipinski definition) is 4. The van der Waals surface area contributed by atoms with Crippen molar-refractivity contribution in [2.45, 2.75) is 6.92 Å². The quantitative estimate of drug-likeness (QED) is 0.736. The molecule has 20 heavy (non-hydrogen) atoms. The van der Waals surface area contributed by atoms with Crippen molar-refractivity contribution in [1.29, 1.82) is 0 Å². The summed E-state index contributed by atoms with van der Waals surface area (Å²) in [4.78, 5) is 12.5. The topological polar surface area (TPSA) is 63.8 Å². The summed E-state index contributed by atoms with van der Waals surface area (Å²) in [5.74, 6) is 1.36. The molecule has 0 aliphatic carbocycles. The largest absolute Gasteiger partial charge is 0.493 e. The highest BCUT2D eigenvalue weighted by Crippen LogP contribution is 2.22. The summed E-state index contributed by atoms with van der Waals surface area (Å²) in [5.41, 5.74) is 1.66. The third-order valence-corrected chi connectivity index (χ3v) is 3.08. The molecular weight excluding hydrogens is 276 g/mol. The number of aromatic nitrogens is 4. The van der Waals surface area contributed by atoms with Crippen LogP contribution in [0.5, 0.6) is 5.88 Å². The van der Waals surface area contributed by atoms with Crippen LogP contribution in [-0.4, -0.2) is 24.6 Å². The second-order valence-corrected chi connectivity index (χ2v) is 4.65. The monoisotopic (exact) mass is 286 g/mol. The predicted molar refractivity (Wildman–Crippen MR) is 76.0 cm³/mol. The zero-order chi connectivity index (χ0) is 14.1. The van der Waals surface area contributed by atoms with Crippen LogP contribution in [0.4, 0.5) is 0 Å². The molecule has 0 unspecified atom stereocenters. The summed E-state index contributed by atoms with van der Waals surface area (Å²) in [7, 11) is 0. The third-order valence-electron chi connectivity index (χ3n) is 2.87. The lowest BCUT2D eigenvalue weighted by Crippen LogP contribution is -1.97. The Morgan fingerprint density at radius 2 is 2.05 bits per heavy atom. The molecule has 1 N–H and O–H groups in total. The number of nitrogens with zero attached hydrogens (tertiary/aromatic N) is 4. The van der Waals surface area contributed by atoms with E-state index < -0.39 is 0 Å². The van der Waals surface area contributed by atoms with E-state index in [-0.39, 0.29) is 5.88 Å². The molecular formula is C14H11ClN4O. The molecule has 0 fully saturated rings. The van der Waals surface area contributed by atoms with Crippen molar-refractivity contribution in [2.75, 3.05) is 0 Å². The fraction of sp³-hybridized carbons (Fsp3) is 0.0714. The van der Waals surface area contributed by atoms with Crippen LogP contribution in [0.3, 0.4) is 0 Å². The van der Waals surface area contributed by atoms with Crippen molar-refractivity contribution in [3.63, 3.8) is 0 Å². The van der Waals surface area contributed by atoms with Gasteiger partial charge in [0.05, 0.1) is 5.69 Å². The van der Waals surface area contributed by atoms with Gasteiger partial charge < -0.3 is 5.11 Å². The van der Waals surface area contributed by atoms with Gasteiger partial charge in [-0.1, -0.05) is 17.7 Å². The molecule has 0 saturated carbocycles. The van der Waals surface area contributed by atoms with Crippen LogP contribution in [0.15, 0.2) is 42.7 Å². The minimum Gasteiger partial charge on any atom is -0.493 e. The van der Waals surface area contributed by atoms with E-state index in [1.807, 2.05) is 23.8 Å². The van der Waals surface area contributed by atoms with Gasteiger partial charge in [-0.2, -0.15) is 4.98 Å². The average molecular weight is 287 g/mol. The first-order valence-corrected chi connectivity index (χ1v) is 6.35. The summed E-state index contributed by atoms with van der Waals surface area (Å²) in [6.07, 6.45) is 3.49. The molecule has 100 valence electrons. The molecule has 6 heteroatoms. The number of aromatic hydroxyl groups is 1. The maximum absolute atomic E-state index is 9.45.